The molecule has 2 N–H and O–H groups in total. The van der Waals surface area contributed by atoms with E-state index in [4.69, 9.17) is 0 Å². The number of rotatable bonds is 6. The molecule has 13 heteroatoms. The normalized spacial score (nSPS) is 12.6. The summed E-state index contributed by atoms with van der Waals surface area (Å²) in [6, 6.07) is 4.72. The summed E-state index contributed by atoms with van der Waals surface area (Å²) in [7, 11) is -3.63. The van der Waals surface area contributed by atoms with Gasteiger partial charge < -0.3 is 5.32 Å². The molecule has 8 nitrogen and oxygen atoms in total. The van der Waals surface area contributed by atoms with E-state index >= 15 is 0 Å². The summed E-state index contributed by atoms with van der Waals surface area (Å²) < 4.78 is 66.3. The number of thiophene rings is 1. The fourth-order valence-corrected chi connectivity index (χ4v) is 4.60. The van der Waals surface area contributed by atoms with Gasteiger partial charge in [-0.1, -0.05) is 0 Å². The van der Waals surface area contributed by atoms with E-state index in [0.29, 0.717) is 5.69 Å². The fraction of sp³-hybridized carbons (Fsp3) is 0.357. The summed E-state index contributed by atoms with van der Waals surface area (Å²) in [6.07, 6.45) is -4.69. The third kappa shape index (κ3) is 4.36. The average molecular weight is 420 g/mol. The van der Waals surface area contributed by atoms with Gasteiger partial charge in [-0.2, -0.15) is 22.7 Å². The van der Waals surface area contributed by atoms with E-state index in [9.17, 15) is 21.6 Å². The highest BCUT2D eigenvalue weighted by Crippen LogP contribution is 2.27. The lowest BCUT2D eigenvalue weighted by Gasteiger charge is -2.09. The van der Waals surface area contributed by atoms with Crippen molar-refractivity contribution in [3.05, 3.63) is 34.6 Å². The number of hydrogen-bond donors (Lipinski definition) is 2. The maximum absolute atomic E-state index is 12.8. The molecular formula is C14H15F3N6O2S2. The van der Waals surface area contributed by atoms with Crippen LogP contribution in [0.1, 0.15) is 16.4 Å². The molecule has 0 aromatic carbocycles. The second kappa shape index (κ2) is 7.05. The number of aromatic nitrogens is 4. The van der Waals surface area contributed by atoms with Crippen LogP contribution in [0, 0.1) is 13.8 Å². The molecule has 0 aliphatic heterocycles. The molecule has 3 aromatic rings. The molecule has 0 radical (unpaired) electrons. The van der Waals surface area contributed by atoms with Crippen LogP contribution in [0.4, 0.5) is 19.0 Å². The number of nitrogens with one attached hydrogen (secondary N) is 2. The molecule has 146 valence electrons. The molecule has 0 spiro atoms. The molecule has 3 rings (SSSR count). The summed E-state index contributed by atoms with van der Waals surface area (Å²) in [5.74, 6) is -1.26. The van der Waals surface area contributed by atoms with Crippen LogP contribution in [0.2, 0.25) is 0 Å². The van der Waals surface area contributed by atoms with Gasteiger partial charge in [-0.15, -0.1) is 16.4 Å². The van der Waals surface area contributed by atoms with Gasteiger partial charge in [0.1, 0.15) is 10.0 Å². The fourth-order valence-electron chi connectivity index (χ4n) is 2.24. The van der Waals surface area contributed by atoms with Crippen LogP contribution < -0.4 is 10.0 Å². The number of alkyl halides is 3. The molecule has 0 atom stereocenters. The van der Waals surface area contributed by atoms with Crippen LogP contribution in [0.25, 0.3) is 5.78 Å². The van der Waals surface area contributed by atoms with E-state index in [-0.39, 0.29) is 28.9 Å². The van der Waals surface area contributed by atoms with Crippen molar-refractivity contribution in [1.29, 1.82) is 0 Å². The predicted molar refractivity (Wildman–Crippen MR) is 93.3 cm³/mol. The van der Waals surface area contributed by atoms with Gasteiger partial charge in [-0.25, -0.2) is 18.1 Å². The SMILES string of the molecule is Cc1cc(NCCNS(=O)(=O)c2ccc(C)s2)n2nc(C(F)(F)F)nc2n1. The Bertz CT molecular complexity index is 1070. The highest BCUT2D eigenvalue weighted by Gasteiger charge is 2.36. The van der Waals surface area contributed by atoms with Gasteiger partial charge in [-0.05, 0) is 26.0 Å². The quantitative estimate of drug-likeness (QED) is 0.593. The molecule has 0 bridgehead atoms. The van der Waals surface area contributed by atoms with Gasteiger partial charge in [0, 0.05) is 29.7 Å². The number of nitrogens with zero attached hydrogens (tertiary/aromatic N) is 4. The van der Waals surface area contributed by atoms with E-state index in [1.807, 2.05) is 0 Å². The maximum Gasteiger partial charge on any atom is 0.453 e. The van der Waals surface area contributed by atoms with Crippen LogP contribution in [0.3, 0.4) is 0 Å². The van der Waals surface area contributed by atoms with Crippen LogP contribution in [-0.4, -0.2) is 41.1 Å². The minimum absolute atomic E-state index is 0.0307. The second-order valence-corrected chi connectivity index (χ2v) is 8.90. The van der Waals surface area contributed by atoms with Crippen LogP contribution in [-0.2, 0) is 16.2 Å². The molecule has 27 heavy (non-hydrogen) atoms. The molecule has 3 aromatic heterocycles. The van der Waals surface area contributed by atoms with Crippen molar-refractivity contribution in [1.82, 2.24) is 24.3 Å². The standard InChI is InChI=1S/C14H15F3N6O2S2/c1-8-7-10(23-13(20-8)21-12(22-23)14(15,16)17)18-5-6-19-27(24,25)11-4-3-9(2)26-11/h3-4,7,18-19H,5-6H2,1-2H3. The summed E-state index contributed by atoms with van der Waals surface area (Å²) in [4.78, 5) is 8.17. The van der Waals surface area contributed by atoms with Crippen molar-refractivity contribution in [3.63, 3.8) is 0 Å². The Morgan fingerprint density at radius 2 is 1.93 bits per heavy atom. The summed E-state index contributed by atoms with van der Waals surface area (Å²) in [6.45, 7) is 3.57. The predicted octanol–water partition coefficient (Wildman–Crippen LogP) is 2.21. The molecule has 3 heterocycles. The van der Waals surface area contributed by atoms with Crippen molar-refractivity contribution in [2.75, 3.05) is 18.4 Å². The van der Waals surface area contributed by atoms with Crippen molar-refractivity contribution in [2.45, 2.75) is 24.2 Å². The van der Waals surface area contributed by atoms with Gasteiger partial charge in [0.2, 0.25) is 10.0 Å². The van der Waals surface area contributed by atoms with E-state index in [1.54, 1.807) is 19.9 Å². The lowest BCUT2D eigenvalue weighted by molar-refractivity contribution is -0.144. The first-order valence-electron chi connectivity index (χ1n) is 7.68. The maximum atomic E-state index is 12.8. The van der Waals surface area contributed by atoms with Crippen LogP contribution >= 0.6 is 11.3 Å². The Hall–Kier alpha value is -2.25. The largest absolute Gasteiger partial charge is 0.453 e. The average Bonchev–Trinajstić information content (AvgIpc) is 3.17. The lowest BCUT2D eigenvalue weighted by Crippen LogP contribution is -2.28. The second-order valence-electron chi connectivity index (χ2n) is 5.62. The number of aryl methyl sites for hydroxylation is 2. The minimum Gasteiger partial charge on any atom is -0.369 e. The molecule has 0 saturated carbocycles. The molecule has 0 aliphatic carbocycles. The van der Waals surface area contributed by atoms with Crippen LogP contribution in [0.15, 0.2) is 22.4 Å². The summed E-state index contributed by atoms with van der Waals surface area (Å²) in [5.41, 5.74) is 0.445. The van der Waals surface area contributed by atoms with Gasteiger partial charge >= 0.3 is 6.18 Å². The Kier molecular flexibility index (Phi) is 5.10. The Labute approximate surface area is 156 Å². The number of fused-ring (bicyclic) bond motifs is 1. The molecular weight excluding hydrogens is 405 g/mol. The van der Waals surface area contributed by atoms with Crippen molar-refractivity contribution in [3.8, 4) is 0 Å². The first-order valence-corrected chi connectivity index (χ1v) is 9.98. The molecule has 0 saturated heterocycles. The van der Waals surface area contributed by atoms with E-state index in [0.717, 1.165) is 20.7 Å². The number of halogens is 3. The number of anilines is 1. The molecule has 0 amide bonds. The third-order valence-electron chi connectivity index (χ3n) is 3.40. The minimum atomic E-state index is -4.69. The summed E-state index contributed by atoms with van der Waals surface area (Å²) >= 11 is 1.15. The number of hydrogen-bond acceptors (Lipinski definition) is 7. The highest BCUT2D eigenvalue weighted by atomic mass is 32.2. The molecule has 0 unspecified atom stereocenters. The monoisotopic (exact) mass is 420 g/mol. The van der Waals surface area contributed by atoms with Gasteiger partial charge in [0.25, 0.3) is 11.6 Å². The molecule has 0 fully saturated rings. The van der Waals surface area contributed by atoms with E-state index in [2.05, 4.69) is 25.1 Å². The van der Waals surface area contributed by atoms with Crippen molar-refractivity contribution >= 4 is 33.0 Å². The highest BCUT2D eigenvalue weighted by molar-refractivity contribution is 7.91. The van der Waals surface area contributed by atoms with E-state index in [1.165, 1.54) is 12.1 Å². The van der Waals surface area contributed by atoms with Crippen molar-refractivity contribution < 1.29 is 21.6 Å². The Morgan fingerprint density at radius 3 is 2.56 bits per heavy atom. The summed E-state index contributed by atoms with van der Waals surface area (Å²) in [5, 5.41) is 6.27. The third-order valence-corrected chi connectivity index (χ3v) is 6.35. The number of sulfonamides is 1. The van der Waals surface area contributed by atoms with Gasteiger partial charge in [0.15, 0.2) is 0 Å². The Balaban J connectivity index is 1.71. The molecule has 0 aliphatic rings. The van der Waals surface area contributed by atoms with E-state index < -0.39 is 22.0 Å². The lowest BCUT2D eigenvalue weighted by atomic mass is 10.4. The van der Waals surface area contributed by atoms with Gasteiger partial charge in [0.05, 0.1) is 0 Å². The topological polar surface area (TPSA) is 101 Å². The van der Waals surface area contributed by atoms with Crippen LogP contribution in [0.5, 0.6) is 0 Å². The zero-order valence-corrected chi connectivity index (χ0v) is 15.8. The Morgan fingerprint density at radius 1 is 1.19 bits per heavy atom. The smallest absolute Gasteiger partial charge is 0.369 e. The zero-order chi connectivity index (χ0) is 19.8. The first kappa shape index (κ1) is 19.5. The first-order chi connectivity index (χ1) is 12.6. The van der Waals surface area contributed by atoms with Gasteiger partial charge in [-0.3, -0.25) is 0 Å². The van der Waals surface area contributed by atoms with Crippen molar-refractivity contribution in [2.24, 2.45) is 0 Å². The zero-order valence-electron chi connectivity index (χ0n) is 14.2.